The van der Waals surface area contributed by atoms with Gasteiger partial charge in [0.15, 0.2) is 0 Å². The van der Waals surface area contributed by atoms with Crippen LogP contribution < -0.4 is 5.32 Å². The van der Waals surface area contributed by atoms with Crippen molar-refractivity contribution in [1.82, 2.24) is 15.1 Å². The van der Waals surface area contributed by atoms with Crippen LogP contribution in [0.4, 0.5) is 0 Å². The molecule has 2 heterocycles. The number of rotatable bonds is 7. The molecule has 3 nitrogen and oxygen atoms in total. The summed E-state index contributed by atoms with van der Waals surface area (Å²) in [5, 5.41) is 5.74. The number of hydrogen-bond acceptors (Lipinski definition) is 4. The summed E-state index contributed by atoms with van der Waals surface area (Å²) in [7, 11) is 4.35. The summed E-state index contributed by atoms with van der Waals surface area (Å²) in [5.74, 6) is 0. The van der Waals surface area contributed by atoms with Gasteiger partial charge in [0.05, 0.1) is 0 Å². The molecule has 4 heteroatoms. The predicted molar refractivity (Wildman–Crippen MR) is 83.8 cm³/mol. The van der Waals surface area contributed by atoms with E-state index in [0.29, 0.717) is 6.04 Å². The summed E-state index contributed by atoms with van der Waals surface area (Å²) in [6.45, 7) is 6.90. The fourth-order valence-corrected chi connectivity index (χ4v) is 3.66. The van der Waals surface area contributed by atoms with Gasteiger partial charge < -0.3 is 10.2 Å². The van der Waals surface area contributed by atoms with Crippen molar-refractivity contribution in [2.45, 2.75) is 38.4 Å². The Kier molecular flexibility index (Phi) is 5.82. The van der Waals surface area contributed by atoms with E-state index in [1.54, 1.807) is 0 Å². The highest BCUT2D eigenvalue weighted by Crippen LogP contribution is 2.20. The van der Waals surface area contributed by atoms with Crippen molar-refractivity contribution >= 4 is 11.3 Å². The van der Waals surface area contributed by atoms with Crippen molar-refractivity contribution in [3.05, 3.63) is 22.4 Å². The van der Waals surface area contributed by atoms with Crippen molar-refractivity contribution in [1.29, 1.82) is 0 Å². The number of likely N-dealkylation sites (N-methyl/N-ethyl adjacent to an activating group) is 1. The van der Waals surface area contributed by atoms with Crippen LogP contribution in [0.1, 0.15) is 24.6 Å². The zero-order valence-electron chi connectivity index (χ0n) is 12.4. The summed E-state index contributed by atoms with van der Waals surface area (Å²) in [5.41, 5.74) is 0. The first-order valence-electron chi connectivity index (χ1n) is 7.30. The fraction of sp³-hybridized carbons (Fsp3) is 0.733. The molecule has 0 bridgehead atoms. The first-order chi connectivity index (χ1) is 9.16. The summed E-state index contributed by atoms with van der Waals surface area (Å²) in [6.07, 6.45) is 2.71. The van der Waals surface area contributed by atoms with Crippen LogP contribution in [0.15, 0.2) is 17.5 Å². The zero-order valence-corrected chi connectivity index (χ0v) is 13.2. The minimum atomic E-state index is 0.632. The topological polar surface area (TPSA) is 18.5 Å². The lowest BCUT2D eigenvalue weighted by Gasteiger charge is -2.32. The molecule has 0 aliphatic carbocycles. The Morgan fingerprint density at radius 3 is 3.05 bits per heavy atom. The predicted octanol–water partition coefficient (Wildman–Crippen LogP) is 2.25. The van der Waals surface area contributed by atoms with Crippen molar-refractivity contribution in [3.63, 3.8) is 0 Å². The van der Waals surface area contributed by atoms with Gasteiger partial charge in [-0.25, -0.2) is 0 Å². The molecule has 19 heavy (non-hydrogen) atoms. The molecule has 0 aromatic carbocycles. The maximum Gasteiger partial charge on any atom is 0.0300 e. The fourth-order valence-electron chi connectivity index (χ4n) is 2.99. The molecular formula is C15H27N3S. The second kappa shape index (κ2) is 7.39. The molecule has 0 amide bonds. The smallest absolute Gasteiger partial charge is 0.0300 e. The Morgan fingerprint density at radius 1 is 1.53 bits per heavy atom. The van der Waals surface area contributed by atoms with Gasteiger partial charge >= 0.3 is 0 Å². The van der Waals surface area contributed by atoms with Gasteiger partial charge in [-0.1, -0.05) is 6.07 Å². The van der Waals surface area contributed by atoms with Crippen molar-refractivity contribution in [2.75, 3.05) is 33.7 Å². The SMILES string of the molecule is CC(CNCc1cccs1)N1CCCC1CN(C)C. The molecule has 0 saturated carbocycles. The third-order valence-corrected chi connectivity index (χ3v) is 4.76. The van der Waals surface area contributed by atoms with Crippen LogP contribution in [0.2, 0.25) is 0 Å². The second-order valence-electron chi connectivity index (χ2n) is 5.86. The van der Waals surface area contributed by atoms with E-state index in [4.69, 9.17) is 0 Å². The summed E-state index contributed by atoms with van der Waals surface area (Å²) >= 11 is 1.83. The quantitative estimate of drug-likeness (QED) is 0.827. The van der Waals surface area contributed by atoms with Gasteiger partial charge in [-0.3, -0.25) is 4.90 Å². The van der Waals surface area contributed by atoms with E-state index in [0.717, 1.165) is 19.1 Å². The van der Waals surface area contributed by atoms with Crippen LogP contribution in [0, 0.1) is 0 Å². The highest BCUT2D eigenvalue weighted by atomic mass is 32.1. The van der Waals surface area contributed by atoms with Crippen molar-refractivity contribution < 1.29 is 0 Å². The van der Waals surface area contributed by atoms with Gasteiger partial charge in [0.1, 0.15) is 0 Å². The third-order valence-electron chi connectivity index (χ3n) is 3.88. The molecule has 0 spiro atoms. The van der Waals surface area contributed by atoms with Gasteiger partial charge in [-0.2, -0.15) is 0 Å². The second-order valence-corrected chi connectivity index (χ2v) is 6.89. The Balaban J connectivity index is 1.73. The normalized spacial score (nSPS) is 22.2. The van der Waals surface area contributed by atoms with Crippen LogP contribution in [0.25, 0.3) is 0 Å². The molecule has 2 atom stereocenters. The van der Waals surface area contributed by atoms with Gasteiger partial charge in [-0.15, -0.1) is 11.3 Å². The van der Waals surface area contributed by atoms with Gasteiger partial charge in [0.25, 0.3) is 0 Å². The molecule has 108 valence electrons. The van der Waals surface area contributed by atoms with E-state index in [2.05, 4.69) is 53.6 Å². The molecule has 2 unspecified atom stereocenters. The van der Waals surface area contributed by atoms with Gasteiger partial charge in [0, 0.05) is 36.6 Å². The van der Waals surface area contributed by atoms with Crippen LogP contribution in [0.3, 0.4) is 0 Å². The van der Waals surface area contributed by atoms with E-state index in [9.17, 15) is 0 Å². The highest BCUT2D eigenvalue weighted by molar-refractivity contribution is 7.09. The van der Waals surface area contributed by atoms with Gasteiger partial charge in [-0.05, 0) is 51.9 Å². The summed E-state index contributed by atoms with van der Waals surface area (Å²) in [6, 6.07) is 5.70. The Hall–Kier alpha value is -0.420. The monoisotopic (exact) mass is 281 g/mol. The molecule has 1 aromatic rings. The van der Waals surface area contributed by atoms with E-state index in [1.807, 2.05) is 11.3 Å². The largest absolute Gasteiger partial charge is 0.310 e. The molecule has 1 aliphatic heterocycles. The third kappa shape index (κ3) is 4.56. The lowest BCUT2D eigenvalue weighted by Crippen LogP contribution is -2.46. The first kappa shape index (κ1) is 15.0. The average Bonchev–Trinajstić information content (AvgIpc) is 2.99. The zero-order chi connectivity index (χ0) is 13.7. The molecule has 1 saturated heterocycles. The van der Waals surface area contributed by atoms with E-state index < -0.39 is 0 Å². The Bertz CT molecular complexity index is 350. The standard InChI is InChI=1S/C15H27N3S/c1-13(10-16-11-15-7-5-9-19-15)18-8-4-6-14(18)12-17(2)3/h5,7,9,13-14,16H,4,6,8,10-12H2,1-3H3. The van der Waals surface area contributed by atoms with Gasteiger partial charge in [0.2, 0.25) is 0 Å². The van der Waals surface area contributed by atoms with Crippen molar-refractivity contribution in [3.8, 4) is 0 Å². The molecule has 1 N–H and O–H groups in total. The molecule has 2 rings (SSSR count). The highest BCUT2D eigenvalue weighted by Gasteiger charge is 2.28. The summed E-state index contributed by atoms with van der Waals surface area (Å²) < 4.78 is 0. The lowest BCUT2D eigenvalue weighted by molar-refractivity contribution is 0.159. The minimum absolute atomic E-state index is 0.632. The minimum Gasteiger partial charge on any atom is -0.310 e. The Morgan fingerprint density at radius 2 is 2.37 bits per heavy atom. The first-order valence-corrected chi connectivity index (χ1v) is 8.18. The molecule has 1 aliphatic rings. The van der Waals surface area contributed by atoms with Crippen LogP contribution >= 0.6 is 11.3 Å². The van der Waals surface area contributed by atoms with E-state index in [1.165, 1.54) is 30.8 Å². The summed E-state index contributed by atoms with van der Waals surface area (Å²) in [4.78, 5) is 6.43. The number of hydrogen-bond donors (Lipinski definition) is 1. The molecule has 1 aromatic heterocycles. The van der Waals surface area contributed by atoms with Crippen LogP contribution in [0.5, 0.6) is 0 Å². The lowest BCUT2D eigenvalue weighted by atomic mass is 10.2. The van der Waals surface area contributed by atoms with E-state index in [-0.39, 0.29) is 0 Å². The maximum absolute atomic E-state index is 3.59. The van der Waals surface area contributed by atoms with Crippen LogP contribution in [-0.4, -0.2) is 55.6 Å². The Labute approximate surface area is 121 Å². The van der Waals surface area contributed by atoms with Crippen molar-refractivity contribution in [2.24, 2.45) is 0 Å². The average molecular weight is 281 g/mol. The maximum atomic E-state index is 3.59. The molecular weight excluding hydrogens is 254 g/mol. The number of likely N-dealkylation sites (tertiary alicyclic amines) is 1. The number of thiophene rings is 1. The molecule has 0 radical (unpaired) electrons. The van der Waals surface area contributed by atoms with Crippen LogP contribution in [-0.2, 0) is 6.54 Å². The molecule has 1 fully saturated rings. The number of nitrogens with one attached hydrogen (secondary N) is 1. The van der Waals surface area contributed by atoms with E-state index >= 15 is 0 Å². The number of nitrogens with zero attached hydrogens (tertiary/aromatic N) is 2.